The van der Waals surface area contributed by atoms with Crippen LogP contribution in [0.2, 0.25) is 0 Å². The van der Waals surface area contributed by atoms with Gasteiger partial charge in [-0.1, -0.05) is 18.2 Å². The van der Waals surface area contributed by atoms with E-state index in [0.717, 1.165) is 5.56 Å². The zero-order valence-electron chi connectivity index (χ0n) is 20.5. The highest BCUT2D eigenvalue weighted by Gasteiger charge is 2.19. The average molecular weight is 528 g/mol. The minimum atomic E-state index is -4.71. The maximum absolute atomic E-state index is 11.1. The number of carbonyl (C=O) groups is 1. The summed E-state index contributed by atoms with van der Waals surface area (Å²) in [4.78, 5) is 28.1. The summed E-state index contributed by atoms with van der Waals surface area (Å²) in [7, 11) is 1.26. The van der Waals surface area contributed by atoms with Gasteiger partial charge in [0.1, 0.15) is 6.04 Å². The molecule has 0 aliphatic carbocycles. The van der Waals surface area contributed by atoms with Crippen molar-refractivity contribution in [3.8, 4) is 28.7 Å². The fraction of sp³-hybridized carbons (Fsp3) is 0.348. The third kappa shape index (κ3) is 10.1. The van der Waals surface area contributed by atoms with Crippen LogP contribution in [0.3, 0.4) is 0 Å². The van der Waals surface area contributed by atoms with E-state index >= 15 is 0 Å². The molecule has 200 valence electrons. The number of rotatable bonds is 12. The number of carboxylic acid groups (broad SMARTS) is 1. The van der Waals surface area contributed by atoms with Crippen LogP contribution in [0.4, 0.5) is 0 Å². The molecule has 7 N–H and O–H groups in total. The average Bonchev–Trinajstić information content (AvgIpc) is 2.84. The highest BCUT2D eigenvalue weighted by molar-refractivity contribution is 7.46. The third-order valence-electron chi connectivity index (χ3n) is 4.60. The van der Waals surface area contributed by atoms with Crippen molar-refractivity contribution in [1.82, 2.24) is 0 Å². The summed E-state index contributed by atoms with van der Waals surface area (Å²) >= 11 is 0. The SMILES string of the molecule is COc1ccc(/C=C\c2cc(OC)c(OC)c(OC)c2)cc1OP(=O)(O)O.NCCCC(N)C(=O)O. The second kappa shape index (κ2) is 15.0. The lowest BCUT2D eigenvalue weighted by atomic mass is 10.1. The number of methoxy groups -OCH3 is 4. The number of hydrogen-bond donors (Lipinski definition) is 5. The lowest BCUT2D eigenvalue weighted by molar-refractivity contribution is -0.138. The highest BCUT2D eigenvalue weighted by Crippen LogP contribution is 2.42. The van der Waals surface area contributed by atoms with Gasteiger partial charge in [0.25, 0.3) is 0 Å². The first-order valence-corrected chi connectivity index (χ1v) is 12.1. The molecule has 0 saturated carbocycles. The molecule has 1 unspecified atom stereocenters. The van der Waals surface area contributed by atoms with E-state index in [4.69, 9.17) is 45.3 Å². The van der Waals surface area contributed by atoms with Crippen LogP contribution in [0.1, 0.15) is 24.0 Å². The Balaban J connectivity index is 0.000000613. The molecule has 0 spiro atoms. The lowest BCUT2D eigenvalue weighted by Gasteiger charge is -2.13. The smallest absolute Gasteiger partial charge is 0.493 e. The first kappa shape index (κ1) is 30.8. The first-order chi connectivity index (χ1) is 17.0. The van der Waals surface area contributed by atoms with Gasteiger partial charge in [-0.05, 0) is 54.8 Å². The van der Waals surface area contributed by atoms with Crippen LogP contribution in [0.5, 0.6) is 28.7 Å². The van der Waals surface area contributed by atoms with Crippen LogP contribution in [0.15, 0.2) is 30.3 Å². The number of phosphoric ester groups is 1. The quantitative estimate of drug-likeness (QED) is 0.200. The molecule has 0 radical (unpaired) electrons. The molecule has 13 heteroatoms. The second-order valence-electron chi connectivity index (χ2n) is 7.16. The standard InChI is InChI=1S/C18H21O8P.C5H12N2O2/c1-22-14-8-7-12(9-15(14)26-27(19,20)21)5-6-13-10-16(23-2)18(25-4)17(11-13)24-3;6-3-1-2-4(7)5(8)9/h5-11H,1-4H3,(H2,19,20,21);4H,1-3,6-7H2,(H,8,9)/b6-5-;. The summed E-state index contributed by atoms with van der Waals surface area (Å²) in [6.07, 6.45) is 4.67. The van der Waals surface area contributed by atoms with E-state index in [1.165, 1.54) is 34.5 Å². The molecule has 0 amide bonds. The molecule has 0 aromatic heterocycles. The minimum absolute atomic E-state index is 0.0575. The molecule has 0 aliphatic heterocycles. The van der Waals surface area contributed by atoms with Crippen molar-refractivity contribution in [1.29, 1.82) is 0 Å². The molecular weight excluding hydrogens is 495 g/mol. The summed E-state index contributed by atoms with van der Waals surface area (Å²) in [5.41, 5.74) is 11.7. The van der Waals surface area contributed by atoms with E-state index in [0.29, 0.717) is 42.2 Å². The molecule has 12 nitrogen and oxygen atoms in total. The van der Waals surface area contributed by atoms with Gasteiger partial charge in [-0.25, -0.2) is 4.57 Å². The fourth-order valence-corrected chi connectivity index (χ4v) is 3.25. The van der Waals surface area contributed by atoms with Crippen molar-refractivity contribution in [2.45, 2.75) is 18.9 Å². The van der Waals surface area contributed by atoms with Crippen LogP contribution >= 0.6 is 7.82 Å². The van der Waals surface area contributed by atoms with Crippen LogP contribution in [0.25, 0.3) is 12.2 Å². The third-order valence-corrected chi connectivity index (χ3v) is 5.03. The van der Waals surface area contributed by atoms with Crippen LogP contribution in [-0.4, -0.2) is 61.9 Å². The number of nitrogens with two attached hydrogens (primary N) is 2. The second-order valence-corrected chi connectivity index (χ2v) is 8.32. The summed E-state index contributed by atoms with van der Waals surface area (Å²) in [5.74, 6) is 0.706. The molecule has 0 fully saturated rings. The van der Waals surface area contributed by atoms with Crippen molar-refractivity contribution in [2.24, 2.45) is 11.5 Å². The predicted octanol–water partition coefficient (Wildman–Crippen LogP) is 2.50. The van der Waals surface area contributed by atoms with E-state index in [9.17, 15) is 9.36 Å². The van der Waals surface area contributed by atoms with Gasteiger partial charge in [0.05, 0.1) is 28.4 Å². The molecule has 1 atom stereocenters. The Hall–Kier alpha value is -3.28. The highest BCUT2D eigenvalue weighted by atomic mass is 31.2. The molecule has 2 aromatic rings. The number of ether oxygens (including phenoxy) is 4. The summed E-state index contributed by atoms with van der Waals surface area (Å²) in [6, 6.07) is 7.54. The van der Waals surface area contributed by atoms with Crippen molar-refractivity contribution in [3.05, 3.63) is 41.5 Å². The monoisotopic (exact) mass is 528 g/mol. The van der Waals surface area contributed by atoms with Crippen molar-refractivity contribution < 1.29 is 47.7 Å². The number of phosphoric acid groups is 1. The Bertz CT molecular complexity index is 1050. The maximum atomic E-state index is 11.1. The van der Waals surface area contributed by atoms with Gasteiger partial charge in [0, 0.05) is 0 Å². The maximum Gasteiger partial charge on any atom is 0.524 e. The van der Waals surface area contributed by atoms with E-state index in [-0.39, 0.29) is 11.5 Å². The van der Waals surface area contributed by atoms with Crippen LogP contribution in [-0.2, 0) is 9.36 Å². The van der Waals surface area contributed by atoms with Gasteiger partial charge in [-0.15, -0.1) is 0 Å². The zero-order chi connectivity index (χ0) is 27.3. The van der Waals surface area contributed by atoms with Crippen molar-refractivity contribution in [2.75, 3.05) is 35.0 Å². The topological polar surface area (TPSA) is 193 Å². The Morgan fingerprint density at radius 3 is 1.89 bits per heavy atom. The molecular formula is C23H33N2O10P. The summed E-state index contributed by atoms with van der Waals surface area (Å²) < 4.78 is 36.8. The van der Waals surface area contributed by atoms with Gasteiger partial charge >= 0.3 is 13.8 Å². The van der Waals surface area contributed by atoms with Crippen molar-refractivity contribution >= 4 is 25.9 Å². The largest absolute Gasteiger partial charge is 0.524 e. The molecule has 0 bridgehead atoms. The van der Waals surface area contributed by atoms with Crippen molar-refractivity contribution in [3.63, 3.8) is 0 Å². The molecule has 0 aliphatic rings. The van der Waals surface area contributed by atoms with E-state index in [1.54, 1.807) is 36.4 Å². The van der Waals surface area contributed by atoms with Gasteiger partial charge < -0.3 is 40.0 Å². The molecule has 2 aromatic carbocycles. The summed E-state index contributed by atoms with van der Waals surface area (Å²) in [6.45, 7) is 0.501. The first-order valence-electron chi connectivity index (χ1n) is 10.6. The molecule has 2 rings (SSSR count). The van der Waals surface area contributed by atoms with Crippen LogP contribution in [0, 0.1) is 0 Å². The normalized spacial score (nSPS) is 11.8. The Morgan fingerprint density at radius 2 is 1.44 bits per heavy atom. The number of aliphatic carboxylic acids is 1. The minimum Gasteiger partial charge on any atom is -0.493 e. The Labute approximate surface area is 209 Å². The predicted molar refractivity (Wildman–Crippen MR) is 135 cm³/mol. The van der Waals surface area contributed by atoms with Gasteiger partial charge in [0.15, 0.2) is 23.0 Å². The molecule has 0 heterocycles. The van der Waals surface area contributed by atoms with Crippen LogP contribution < -0.4 is 34.9 Å². The number of benzene rings is 2. The number of hydrogen-bond acceptors (Lipinski definition) is 9. The van der Waals surface area contributed by atoms with E-state index in [1.807, 2.05) is 0 Å². The number of carboxylic acids is 1. The van der Waals surface area contributed by atoms with E-state index in [2.05, 4.69) is 4.52 Å². The van der Waals surface area contributed by atoms with Gasteiger partial charge in [0.2, 0.25) is 5.75 Å². The van der Waals surface area contributed by atoms with Gasteiger partial charge in [-0.3, -0.25) is 14.6 Å². The molecule has 36 heavy (non-hydrogen) atoms. The zero-order valence-corrected chi connectivity index (χ0v) is 21.4. The lowest BCUT2D eigenvalue weighted by Crippen LogP contribution is -2.30. The fourth-order valence-electron chi connectivity index (χ4n) is 2.85. The Morgan fingerprint density at radius 1 is 0.917 bits per heavy atom. The van der Waals surface area contributed by atoms with Gasteiger partial charge in [-0.2, -0.15) is 0 Å². The summed E-state index contributed by atoms with van der Waals surface area (Å²) in [5, 5.41) is 8.24. The Kier molecular flexibility index (Phi) is 12.8. The molecule has 0 saturated heterocycles. The van der Waals surface area contributed by atoms with E-state index < -0.39 is 19.8 Å².